The Labute approximate surface area is 208 Å². The number of rotatable bonds is 6. The average Bonchev–Trinajstić information content (AvgIpc) is 2.86. The number of ether oxygens (including phenoxy) is 2. The molecule has 1 saturated heterocycles. The zero-order chi connectivity index (χ0) is 25.1. The highest BCUT2D eigenvalue weighted by atomic mass is 28.4. The number of esters is 1. The minimum absolute atomic E-state index is 0.207. The zero-order valence-corrected chi connectivity index (χ0v) is 21.8. The van der Waals surface area contributed by atoms with Crippen LogP contribution in [0.2, 0.25) is 5.04 Å². The molecule has 0 spiro atoms. The van der Waals surface area contributed by atoms with E-state index in [1.54, 1.807) is 24.3 Å². The Morgan fingerprint density at radius 3 is 1.83 bits per heavy atom. The smallest absolute Gasteiger partial charge is 0.338 e. The second-order valence-corrected chi connectivity index (χ2v) is 14.3. The van der Waals surface area contributed by atoms with Gasteiger partial charge < -0.3 is 19.0 Å². The van der Waals surface area contributed by atoms with E-state index in [2.05, 4.69) is 45.0 Å². The zero-order valence-electron chi connectivity index (χ0n) is 20.8. The van der Waals surface area contributed by atoms with Gasteiger partial charge in [0.25, 0.3) is 8.32 Å². The summed E-state index contributed by atoms with van der Waals surface area (Å²) in [5.41, 5.74) is 0.433. The van der Waals surface area contributed by atoms with Crippen LogP contribution in [0.5, 0.6) is 0 Å². The average molecular weight is 491 g/mol. The van der Waals surface area contributed by atoms with Crippen molar-refractivity contribution in [2.24, 2.45) is 0 Å². The predicted molar refractivity (Wildman–Crippen MR) is 139 cm³/mol. The van der Waals surface area contributed by atoms with Crippen molar-refractivity contribution in [1.29, 1.82) is 0 Å². The largest absolute Gasteiger partial charge is 0.453 e. The third-order valence-electron chi connectivity index (χ3n) is 6.67. The molecule has 0 aliphatic carbocycles. The van der Waals surface area contributed by atoms with E-state index in [0.29, 0.717) is 12.0 Å². The van der Waals surface area contributed by atoms with Crippen molar-refractivity contribution in [2.75, 3.05) is 0 Å². The number of carbonyl (C=O) groups excluding carboxylic acids is 1. The van der Waals surface area contributed by atoms with Gasteiger partial charge in [-0.05, 0) is 34.5 Å². The number of aliphatic hydroxyl groups excluding tert-OH is 1. The fourth-order valence-corrected chi connectivity index (χ4v) is 9.64. The molecule has 1 heterocycles. The van der Waals surface area contributed by atoms with Crippen LogP contribution in [0.4, 0.5) is 0 Å². The molecule has 3 aromatic carbocycles. The first kappa shape index (κ1) is 25.3. The lowest BCUT2D eigenvalue weighted by molar-refractivity contribution is -0.237. The van der Waals surface area contributed by atoms with Crippen molar-refractivity contribution in [3.63, 3.8) is 0 Å². The van der Waals surface area contributed by atoms with E-state index >= 15 is 0 Å². The summed E-state index contributed by atoms with van der Waals surface area (Å²) in [6.45, 7) is 8.56. The monoisotopic (exact) mass is 490 g/mol. The molecule has 184 valence electrons. The van der Waals surface area contributed by atoms with Crippen LogP contribution in [0, 0.1) is 0 Å². The summed E-state index contributed by atoms with van der Waals surface area (Å²) >= 11 is 0. The van der Waals surface area contributed by atoms with E-state index in [1.807, 2.05) is 49.4 Å². The lowest BCUT2D eigenvalue weighted by atomic mass is 10.0. The normalized spacial score (nSPS) is 23.0. The van der Waals surface area contributed by atoms with E-state index < -0.39 is 26.7 Å². The van der Waals surface area contributed by atoms with Crippen LogP contribution >= 0.6 is 0 Å². The van der Waals surface area contributed by atoms with Crippen LogP contribution in [0.3, 0.4) is 0 Å². The molecule has 0 bridgehead atoms. The van der Waals surface area contributed by atoms with E-state index in [0.717, 1.165) is 10.4 Å². The minimum atomic E-state index is -2.84. The fourth-order valence-electron chi connectivity index (χ4n) is 4.88. The van der Waals surface area contributed by atoms with Crippen LogP contribution in [-0.4, -0.2) is 44.0 Å². The van der Waals surface area contributed by atoms with Crippen LogP contribution in [0.25, 0.3) is 0 Å². The molecule has 0 radical (unpaired) electrons. The summed E-state index contributed by atoms with van der Waals surface area (Å²) in [5, 5.41) is 12.7. The maximum atomic E-state index is 12.7. The van der Waals surface area contributed by atoms with E-state index in [1.165, 1.54) is 0 Å². The quantitative estimate of drug-likeness (QED) is 0.413. The van der Waals surface area contributed by atoms with Crippen molar-refractivity contribution in [1.82, 2.24) is 0 Å². The Balaban J connectivity index is 1.68. The summed E-state index contributed by atoms with van der Waals surface area (Å²) < 4.78 is 18.8. The first-order valence-electron chi connectivity index (χ1n) is 12.1. The van der Waals surface area contributed by atoms with Gasteiger partial charge in [0, 0.05) is 6.42 Å². The third kappa shape index (κ3) is 5.26. The van der Waals surface area contributed by atoms with E-state index in [4.69, 9.17) is 13.9 Å². The van der Waals surface area contributed by atoms with E-state index in [9.17, 15) is 9.90 Å². The standard InChI is InChI=1S/C29H34O5Si/c1-21-25(20-26(28(31)32-21)33-27(30)22-14-8-5-9-15-22)34-35(29(2,3)4,23-16-10-6-11-17-23)24-18-12-7-13-19-24/h5-19,21,25-26,28,31H,20H2,1-4H3/t21-,25+,26+,28-/m0/s1. The van der Waals surface area contributed by atoms with Crippen molar-refractivity contribution < 1.29 is 23.8 Å². The summed E-state index contributed by atoms with van der Waals surface area (Å²) in [4.78, 5) is 12.7. The summed E-state index contributed by atoms with van der Waals surface area (Å²) in [7, 11) is -2.84. The van der Waals surface area contributed by atoms with Crippen molar-refractivity contribution >= 4 is 24.7 Å². The predicted octanol–water partition coefficient (Wildman–Crippen LogP) is 4.28. The fraction of sp³-hybridized carbons (Fsp3) is 0.345. The van der Waals surface area contributed by atoms with Crippen molar-refractivity contribution in [2.45, 2.75) is 63.8 Å². The number of hydrogen-bond donors (Lipinski definition) is 1. The molecule has 1 aliphatic heterocycles. The van der Waals surface area contributed by atoms with Gasteiger partial charge in [-0.25, -0.2) is 4.79 Å². The Kier molecular flexibility index (Phi) is 7.57. The van der Waals surface area contributed by atoms with Gasteiger partial charge in [-0.3, -0.25) is 0 Å². The molecule has 4 rings (SSSR count). The van der Waals surface area contributed by atoms with Gasteiger partial charge in [0.15, 0.2) is 12.4 Å². The van der Waals surface area contributed by atoms with Gasteiger partial charge in [0.2, 0.25) is 0 Å². The molecule has 1 fully saturated rings. The molecular formula is C29H34O5Si. The maximum Gasteiger partial charge on any atom is 0.338 e. The topological polar surface area (TPSA) is 65.0 Å². The van der Waals surface area contributed by atoms with Crippen molar-refractivity contribution in [3.05, 3.63) is 96.6 Å². The van der Waals surface area contributed by atoms with Crippen LogP contribution < -0.4 is 10.4 Å². The van der Waals surface area contributed by atoms with Gasteiger partial charge >= 0.3 is 5.97 Å². The third-order valence-corrected chi connectivity index (χ3v) is 11.7. The number of aliphatic hydroxyl groups is 1. The molecule has 0 amide bonds. The molecule has 35 heavy (non-hydrogen) atoms. The first-order chi connectivity index (χ1) is 16.7. The lowest BCUT2D eigenvalue weighted by Gasteiger charge is -2.48. The molecule has 3 aromatic rings. The number of carbonyl (C=O) groups is 1. The molecule has 0 saturated carbocycles. The van der Waals surface area contributed by atoms with Crippen LogP contribution in [0.15, 0.2) is 91.0 Å². The molecule has 5 nitrogen and oxygen atoms in total. The summed E-state index contributed by atoms with van der Waals surface area (Å²) in [6, 6.07) is 29.5. The maximum absolute atomic E-state index is 12.7. The van der Waals surface area contributed by atoms with Gasteiger partial charge in [0.05, 0.1) is 17.8 Å². The Morgan fingerprint density at radius 2 is 1.34 bits per heavy atom. The molecule has 1 aliphatic rings. The van der Waals surface area contributed by atoms with Gasteiger partial charge in [-0.2, -0.15) is 0 Å². The molecule has 4 atom stereocenters. The Hall–Kier alpha value is -2.77. The Bertz CT molecular complexity index is 1060. The second-order valence-electron chi connectivity index (χ2n) is 10.1. The molecular weight excluding hydrogens is 456 g/mol. The molecule has 6 heteroatoms. The SMILES string of the molecule is C[C@@H]1O[C@H](O)[C@H](OC(=O)c2ccccc2)C[C@H]1O[Si](c1ccccc1)(c1ccccc1)C(C)(C)C. The van der Waals surface area contributed by atoms with E-state index in [-0.39, 0.29) is 17.2 Å². The van der Waals surface area contributed by atoms with Crippen LogP contribution in [0.1, 0.15) is 44.5 Å². The highest BCUT2D eigenvalue weighted by molar-refractivity contribution is 6.99. The first-order valence-corrected chi connectivity index (χ1v) is 14.0. The minimum Gasteiger partial charge on any atom is -0.453 e. The summed E-state index contributed by atoms with van der Waals surface area (Å²) in [5.74, 6) is -0.489. The van der Waals surface area contributed by atoms with Gasteiger partial charge in [0.1, 0.15) is 0 Å². The van der Waals surface area contributed by atoms with Crippen LogP contribution in [-0.2, 0) is 13.9 Å². The van der Waals surface area contributed by atoms with Gasteiger partial charge in [-0.1, -0.05) is 99.6 Å². The van der Waals surface area contributed by atoms with Gasteiger partial charge in [-0.15, -0.1) is 0 Å². The molecule has 0 unspecified atom stereocenters. The lowest BCUT2D eigenvalue weighted by Crippen LogP contribution is -2.69. The second kappa shape index (κ2) is 10.5. The number of hydrogen-bond acceptors (Lipinski definition) is 5. The highest BCUT2D eigenvalue weighted by Gasteiger charge is 2.53. The van der Waals surface area contributed by atoms with Crippen molar-refractivity contribution in [3.8, 4) is 0 Å². The highest BCUT2D eigenvalue weighted by Crippen LogP contribution is 2.39. The number of benzene rings is 3. The molecule has 1 N–H and O–H groups in total. The summed E-state index contributed by atoms with van der Waals surface area (Å²) in [6.07, 6.45) is -2.46. The molecule has 0 aromatic heterocycles. The Morgan fingerprint density at radius 1 is 0.857 bits per heavy atom.